The summed E-state index contributed by atoms with van der Waals surface area (Å²) in [5.41, 5.74) is 2.16. The lowest BCUT2D eigenvalue weighted by molar-refractivity contribution is 0.0696. The molecule has 0 fully saturated rings. The summed E-state index contributed by atoms with van der Waals surface area (Å²) in [6.45, 7) is 0.0850. The number of hydrogen-bond acceptors (Lipinski definition) is 3. The summed E-state index contributed by atoms with van der Waals surface area (Å²) < 4.78 is 0. The summed E-state index contributed by atoms with van der Waals surface area (Å²) in [4.78, 5) is 22.7. The molecule has 0 aromatic heterocycles. The van der Waals surface area contributed by atoms with Gasteiger partial charge in [-0.25, -0.2) is 4.79 Å². The Morgan fingerprint density at radius 2 is 1.48 bits per heavy atom. The van der Waals surface area contributed by atoms with E-state index in [2.05, 4.69) is 5.32 Å². The minimum Gasteiger partial charge on any atom is -0.478 e. The van der Waals surface area contributed by atoms with Crippen molar-refractivity contribution in [2.45, 2.75) is 6.42 Å². The van der Waals surface area contributed by atoms with E-state index in [4.69, 9.17) is 10.2 Å². The van der Waals surface area contributed by atoms with Crippen molar-refractivity contribution in [3.8, 4) is 0 Å². The number of rotatable bonds is 5. The first-order valence-corrected chi connectivity index (χ1v) is 6.44. The van der Waals surface area contributed by atoms with Gasteiger partial charge in [-0.15, -0.1) is 0 Å². The second kappa shape index (κ2) is 6.67. The number of carboxylic acid groups (broad SMARTS) is 1. The number of aliphatic hydroxyl groups is 1. The van der Waals surface area contributed by atoms with Crippen LogP contribution in [-0.4, -0.2) is 28.7 Å². The van der Waals surface area contributed by atoms with Gasteiger partial charge < -0.3 is 15.5 Å². The van der Waals surface area contributed by atoms with E-state index >= 15 is 0 Å². The van der Waals surface area contributed by atoms with Gasteiger partial charge >= 0.3 is 5.97 Å². The lowest BCUT2D eigenvalue weighted by Gasteiger charge is -2.06. The fraction of sp³-hybridized carbons (Fsp3) is 0.125. The highest BCUT2D eigenvalue weighted by Gasteiger charge is 2.08. The molecule has 0 spiro atoms. The molecule has 2 aromatic carbocycles. The zero-order valence-electron chi connectivity index (χ0n) is 11.2. The van der Waals surface area contributed by atoms with Crippen LogP contribution in [0.15, 0.2) is 48.5 Å². The summed E-state index contributed by atoms with van der Waals surface area (Å²) in [5.74, 6) is -1.33. The number of aliphatic hydroxyl groups excluding tert-OH is 1. The van der Waals surface area contributed by atoms with Crippen molar-refractivity contribution in [1.82, 2.24) is 0 Å². The Bertz CT molecular complexity index is 632. The average molecular weight is 285 g/mol. The summed E-state index contributed by atoms with van der Waals surface area (Å²) >= 11 is 0. The first-order chi connectivity index (χ1) is 10.1. The smallest absolute Gasteiger partial charge is 0.335 e. The van der Waals surface area contributed by atoms with E-state index in [1.807, 2.05) is 12.1 Å². The molecule has 0 unspecified atom stereocenters. The van der Waals surface area contributed by atoms with Crippen LogP contribution in [0.1, 0.15) is 26.3 Å². The summed E-state index contributed by atoms with van der Waals surface area (Å²) in [6, 6.07) is 12.9. The number of carboxylic acids is 1. The van der Waals surface area contributed by atoms with Crippen LogP contribution >= 0.6 is 0 Å². The normalized spacial score (nSPS) is 10.1. The van der Waals surface area contributed by atoms with E-state index in [0.29, 0.717) is 17.7 Å². The van der Waals surface area contributed by atoms with Gasteiger partial charge in [0.15, 0.2) is 0 Å². The van der Waals surface area contributed by atoms with Crippen molar-refractivity contribution in [3.63, 3.8) is 0 Å². The SMILES string of the molecule is O=C(O)c1ccc(C(=O)Nc2ccc(CCO)cc2)cc1. The molecule has 0 atom stereocenters. The Kier molecular flexibility index (Phi) is 4.68. The van der Waals surface area contributed by atoms with Crippen molar-refractivity contribution in [3.05, 3.63) is 65.2 Å². The second-order valence-electron chi connectivity index (χ2n) is 4.51. The lowest BCUT2D eigenvalue weighted by atomic mass is 10.1. The topological polar surface area (TPSA) is 86.6 Å². The highest BCUT2D eigenvalue weighted by Crippen LogP contribution is 2.12. The van der Waals surface area contributed by atoms with E-state index < -0.39 is 5.97 Å². The maximum absolute atomic E-state index is 12.0. The van der Waals surface area contributed by atoms with Crippen molar-refractivity contribution in [1.29, 1.82) is 0 Å². The molecule has 0 aliphatic heterocycles. The molecule has 0 bridgehead atoms. The third-order valence-electron chi connectivity index (χ3n) is 3.01. The molecular weight excluding hydrogens is 270 g/mol. The number of anilines is 1. The maximum atomic E-state index is 12.0. The van der Waals surface area contributed by atoms with Gasteiger partial charge in [0, 0.05) is 17.9 Å². The Morgan fingerprint density at radius 3 is 2.00 bits per heavy atom. The number of nitrogens with one attached hydrogen (secondary N) is 1. The average Bonchev–Trinajstić information content (AvgIpc) is 2.49. The Morgan fingerprint density at radius 1 is 0.905 bits per heavy atom. The molecule has 108 valence electrons. The minimum atomic E-state index is -1.03. The van der Waals surface area contributed by atoms with Gasteiger partial charge in [-0.2, -0.15) is 0 Å². The largest absolute Gasteiger partial charge is 0.478 e. The van der Waals surface area contributed by atoms with E-state index in [1.54, 1.807) is 12.1 Å². The van der Waals surface area contributed by atoms with Crippen molar-refractivity contribution in [2.75, 3.05) is 11.9 Å². The van der Waals surface area contributed by atoms with Crippen LogP contribution in [-0.2, 0) is 6.42 Å². The summed E-state index contributed by atoms with van der Waals surface area (Å²) in [5, 5.41) is 20.4. The van der Waals surface area contributed by atoms with Crippen LogP contribution in [0.5, 0.6) is 0 Å². The van der Waals surface area contributed by atoms with Gasteiger partial charge in [0.05, 0.1) is 5.56 Å². The molecule has 5 nitrogen and oxygen atoms in total. The van der Waals surface area contributed by atoms with Crippen LogP contribution in [0, 0.1) is 0 Å². The highest BCUT2D eigenvalue weighted by molar-refractivity contribution is 6.04. The van der Waals surface area contributed by atoms with Gasteiger partial charge in [0.2, 0.25) is 0 Å². The highest BCUT2D eigenvalue weighted by atomic mass is 16.4. The van der Waals surface area contributed by atoms with Gasteiger partial charge in [-0.1, -0.05) is 12.1 Å². The van der Waals surface area contributed by atoms with E-state index in [-0.39, 0.29) is 18.1 Å². The lowest BCUT2D eigenvalue weighted by Crippen LogP contribution is -2.12. The summed E-state index contributed by atoms with van der Waals surface area (Å²) in [6.07, 6.45) is 0.574. The minimum absolute atomic E-state index is 0.0850. The van der Waals surface area contributed by atoms with Crippen molar-refractivity contribution < 1.29 is 19.8 Å². The molecule has 0 heterocycles. The van der Waals surface area contributed by atoms with Gasteiger partial charge in [-0.05, 0) is 48.4 Å². The van der Waals surface area contributed by atoms with Crippen LogP contribution in [0.3, 0.4) is 0 Å². The third kappa shape index (κ3) is 3.90. The Hall–Kier alpha value is -2.66. The molecule has 1 amide bonds. The molecule has 0 saturated heterocycles. The Balaban J connectivity index is 2.05. The first kappa shape index (κ1) is 14.7. The zero-order valence-corrected chi connectivity index (χ0v) is 11.2. The molecular formula is C16H15NO4. The molecule has 2 aromatic rings. The predicted octanol–water partition coefficient (Wildman–Crippen LogP) is 2.17. The van der Waals surface area contributed by atoms with Crippen molar-refractivity contribution in [2.24, 2.45) is 0 Å². The second-order valence-corrected chi connectivity index (χ2v) is 4.51. The predicted molar refractivity (Wildman–Crippen MR) is 78.6 cm³/mol. The van der Waals surface area contributed by atoms with Gasteiger partial charge in [0.1, 0.15) is 0 Å². The Labute approximate surface area is 121 Å². The number of hydrogen-bond donors (Lipinski definition) is 3. The van der Waals surface area contributed by atoms with Crippen LogP contribution in [0.2, 0.25) is 0 Å². The number of carbonyl (C=O) groups is 2. The molecule has 0 aliphatic rings. The van der Waals surface area contributed by atoms with Crippen LogP contribution in [0.4, 0.5) is 5.69 Å². The number of amides is 1. The third-order valence-corrected chi connectivity index (χ3v) is 3.01. The molecule has 21 heavy (non-hydrogen) atoms. The molecule has 0 saturated carbocycles. The fourth-order valence-electron chi connectivity index (χ4n) is 1.85. The quantitative estimate of drug-likeness (QED) is 0.785. The van der Waals surface area contributed by atoms with E-state index in [0.717, 1.165) is 5.56 Å². The summed E-state index contributed by atoms with van der Waals surface area (Å²) in [7, 11) is 0. The zero-order chi connectivity index (χ0) is 15.2. The number of benzene rings is 2. The first-order valence-electron chi connectivity index (χ1n) is 6.44. The molecule has 2 rings (SSSR count). The van der Waals surface area contributed by atoms with Gasteiger partial charge in [-0.3, -0.25) is 4.79 Å². The van der Waals surface area contributed by atoms with E-state index in [9.17, 15) is 9.59 Å². The van der Waals surface area contributed by atoms with Crippen molar-refractivity contribution >= 4 is 17.6 Å². The molecule has 0 aliphatic carbocycles. The molecule has 5 heteroatoms. The van der Waals surface area contributed by atoms with Crippen LogP contribution in [0.25, 0.3) is 0 Å². The van der Waals surface area contributed by atoms with Gasteiger partial charge in [0.25, 0.3) is 5.91 Å². The fourth-order valence-corrected chi connectivity index (χ4v) is 1.85. The number of carbonyl (C=O) groups excluding carboxylic acids is 1. The van der Waals surface area contributed by atoms with Crippen LogP contribution < -0.4 is 5.32 Å². The maximum Gasteiger partial charge on any atom is 0.335 e. The van der Waals surface area contributed by atoms with E-state index in [1.165, 1.54) is 24.3 Å². The molecule has 0 radical (unpaired) electrons. The molecule has 3 N–H and O–H groups in total. The number of aromatic carboxylic acids is 1. The monoisotopic (exact) mass is 285 g/mol. The standard InChI is InChI=1S/C16H15NO4/c18-10-9-11-1-7-14(8-2-11)17-15(19)12-3-5-13(6-4-12)16(20)21/h1-8,18H,9-10H2,(H,17,19)(H,20,21).